The molecule has 0 bridgehead atoms. The fourth-order valence-electron chi connectivity index (χ4n) is 1.81. The minimum Gasteiger partial charge on any atom is -0.382 e. The van der Waals surface area contributed by atoms with Gasteiger partial charge in [0.2, 0.25) is 0 Å². The van der Waals surface area contributed by atoms with E-state index in [2.05, 4.69) is 5.32 Å². The van der Waals surface area contributed by atoms with E-state index in [1.54, 1.807) is 26.0 Å². The summed E-state index contributed by atoms with van der Waals surface area (Å²) < 4.78 is 36.3. The molecule has 1 aromatic rings. The fraction of sp³-hybridized carbons (Fsp3) is 0.455. The molecule has 0 spiro atoms. The van der Waals surface area contributed by atoms with Crippen molar-refractivity contribution < 1.29 is 12.8 Å². The molecule has 0 atom stereocenters. The van der Waals surface area contributed by atoms with Crippen LogP contribution in [0, 0.1) is 0 Å². The number of fused-ring (bicyclic) bond motifs is 1. The number of hydrogen-bond donors (Lipinski definition) is 1. The van der Waals surface area contributed by atoms with Gasteiger partial charge in [0.25, 0.3) is 0 Å². The second-order valence-electron chi connectivity index (χ2n) is 4.54. The topological polar surface area (TPSA) is 46.2 Å². The number of benzene rings is 1. The van der Waals surface area contributed by atoms with Crippen LogP contribution < -0.4 is 5.32 Å². The van der Waals surface area contributed by atoms with Gasteiger partial charge in [-0.15, -0.1) is 0 Å². The Morgan fingerprint density at radius 3 is 2.75 bits per heavy atom. The quantitative estimate of drug-likeness (QED) is 0.822. The molecule has 0 aromatic heterocycles. The predicted octanol–water partition coefficient (Wildman–Crippen LogP) is 2.13. The zero-order valence-electron chi connectivity index (χ0n) is 9.25. The van der Waals surface area contributed by atoms with Crippen molar-refractivity contribution in [1.82, 2.24) is 0 Å². The highest BCUT2D eigenvalue weighted by atomic mass is 32.2. The van der Waals surface area contributed by atoms with E-state index in [4.69, 9.17) is 0 Å². The first-order valence-electron chi connectivity index (χ1n) is 5.06. The Balaban J connectivity index is 2.71. The molecule has 16 heavy (non-hydrogen) atoms. The van der Waals surface area contributed by atoms with Crippen molar-refractivity contribution in [2.45, 2.75) is 30.2 Å². The van der Waals surface area contributed by atoms with Crippen molar-refractivity contribution in [2.24, 2.45) is 0 Å². The molecule has 0 aliphatic carbocycles. The van der Waals surface area contributed by atoms with E-state index >= 15 is 0 Å². The van der Waals surface area contributed by atoms with E-state index in [1.165, 1.54) is 6.07 Å². The van der Waals surface area contributed by atoms with Crippen LogP contribution in [0.3, 0.4) is 0 Å². The average molecular weight is 243 g/mol. The molecule has 2 rings (SSSR count). The van der Waals surface area contributed by atoms with Gasteiger partial charge in [0.1, 0.15) is 6.67 Å². The fourth-order valence-corrected chi connectivity index (χ4v) is 3.39. The third-order valence-corrected chi connectivity index (χ3v) is 5.48. The predicted molar refractivity (Wildman–Crippen MR) is 61.0 cm³/mol. The lowest BCUT2D eigenvalue weighted by Crippen LogP contribution is -2.43. The molecule has 1 aliphatic rings. The molecule has 1 aliphatic heterocycles. The SMILES string of the molecule is CC1(C)CNc2c(CF)cccc2S1(=O)=O. The summed E-state index contributed by atoms with van der Waals surface area (Å²) in [7, 11) is -3.38. The Hall–Kier alpha value is -1.10. The Morgan fingerprint density at radius 1 is 1.44 bits per heavy atom. The Morgan fingerprint density at radius 2 is 2.12 bits per heavy atom. The van der Waals surface area contributed by atoms with Gasteiger partial charge in [-0.2, -0.15) is 0 Å². The summed E-state index contributed by atoms with van der Waals surface area (Å²) >= 11 is 0. The summed E-state index contributed by atoms with van der Waals surface area (Å²) in [5, 5.41) is 3.01. The van der Waals surface area contributed by atoms with Crippen LogP contribution in [0.15, 0.2) is 23.1 Å². The molecule has 88 valence electrons. The van der Waals surface area contributed by atoms with Gasteiger partial charge in [-0.3, -0.25) is 0 Å². The molecule has 1 aromatic carbocycles. The maximum Gasteiger partial charge on any atom is 0.187 e. The highest BCUT2D eigenvalue weighted by molar-refractivity contribution is 7.93. The largest absolute Gasteiger partial charge is 0.382 e. The van der Waals surface area contributed by atoms with Crippen molar-refractivity contribution in [3.8, 4) is 0 Å². The van der Waals surface area contributed by atoms with Gasteiger partial charge >= 0.3 is 0 Å². The Bertz CT molecular complexity index is 523. The highest BCUT2D eigenvalue weighted by Crippen LogP contribution is 2.37. The summed E-state index contributed by atoms with van der Waals surface area (Å²) in [6.07, 6.45) is 0. The lowest BCUT2D eigenvalue weighted by molar-refractivity contribution is 0.484. The number of halogens is 1. The number of alkyl halides is 1. The van der Waals surface area contributed by atoms with Gasteiger partial charge in [0.05, 0.1) is 15.3 Å². The van der Waals surface area contributed by atoms with Crippen molar-refractivity contribution in [2.75, 3.05) is 11.9 Å². The first-order valence-corrected chi connectivity index (χ1v) is 6.55. The number of sulfone groups is 1. The maximum atomic E-state index is 12.7. The molecule has 0 radical (unpaired) electrons. The average Bonchev–Trinajstić information content (AvgIpc) is 2.24. The minimum atomic E-state index is -3.38. The third-order valence-electron chi connectivity index (χ3n) is 2.96. The Labute approximate surface area is 94.6 Å². The van der Waals surface area contributed by atoms with E-state index in [0.717, 1.165) is 0 Å². The lowest BCUT2D eigenvalue weighted by atomic mass is 10.1. The standard InChI is InChI=1S/C11H14FNO2S/c1-11(2)7-13-10-8(6-12)4-3-5-9(10)16(11,14)15/h3-5,13H,6-7H2,1-2H3. The molecular formula is C11H14FNO2S. The molecule has 0 saturated carbocycles. The Kier molecular flexibility index (Phi) is 2.45. The van der Waals surface area contributed by atoms with Crippen molar-refractivity contribution >= 4 is 15.5 Å². The summed E-state index contributed by atoms with van der Waals surface area (Å²) in [5.74, 6) is 0. The molecule has 0 unspecified atom stereocenters. The molecule has 0 amide bonds. The van der Waals surface area contributed by atoms with E-state index in [1.807, 2.05) is 0 Å². The van der Waals surface area contributed by atoms with Gasteiger partial charge in [-0.1, -0.05) is 12.1 Å². The van der Waals surface area contributed by atoms with Crippen LogP contribution in [-0.2, 0) is 16.5 Å². The van der Waals surface area contributed by atoms with Gasteiger partial charge in [0.15, 0.2) is 9.84 Å². The number of anilines is 1. The van der Waals surface area contributed by atoms with Crippen molar-refractivity contribution in [1.29, 1.82) is 0 Å². The number of nitrogens with one attached hydrogen (secondary N) is 1. The van der Waals surface area contributed by atoms with Crippen LogP contribution in [0.25, 0.3) is 0 Å². The molecule has 3 nitrogen and oxygen atoms in total. The van der Waals surface area contributed by atoms with E-state index < -0.39 is 21.3 Å². The van der Waals surface area contributed by atoms with Crippen molar-refractivity contribution in [3.63, 3.8) is 0 Å². The second-order valence-corrected chi connectivity index (χ2v) is 7.09. The molecular weight excluding hydrogens is 229 g/mol. The number of hydrogen-bond acceptors (Lipinski definition) is 3. The first-order chi connectivity index (χ1) is 7.40. The molecule has 1 heterocycles. The number of para-hydroxylation sites is 1. The summed E-state index contributed by atoms with van der Waals surface area (Å²) in [6.45, 7) is 2.98. The van der Waals surface area contributed by atoms with Gasteiger partial charge in [-0.05, 0) is 19.9 Å². The molecule has 1 N–H and O–H groups in total. The van der Waals surface area contributed by atoms with E-state index in [0.29, 0.717) is 17.8 Å². The van der Waals surface area contributed by atoms with Gasteiger partial charge < -0.3 is 5.32 Å². The van der Waals surface area contributed by atoms with E-state index in [9.17, 15) is 12.8 Å². The van der Waals surface area contributed by atoms with Crippen molar-refractivity contribution in [3.05, 3.63) is 23.8 Å². The molecule has 5 heteroatoms. The normalized spacial score (nSPS) is 20.9. The van der Waals surface area contributed by atoms with E-state index in [-0.39, 0.29) is 4.90 Å². The third kappa shape index (κ3) is 1.42. The first kappa shape index (κ1) is 11.4. The van der Waals surface area contributed by atoms with Gasteiger partial charge in [0, 0.05) is 12.1 Å². The second kappa shape index (κ2) is 3.45. The monoisotopic (exact) mass is 243 g/mol. The van der Waals surface area contributed by atoms with Crippen LogP contribution in [0.5, 0.6) is 0 Å². The summed E-state index contributed by atoms with van der Waals surface area (Å²) in [4.78, 5) is 0.207. The maximum absolute atomic E-state index is 12.7. The van der Waals surface area contributed by atoms with Crippen LogP contribution in [0.4, 0.5) is 10.1 Å². The molecule has 0 saturated heterocycles. The summed E-state index contributed by atoms with van der Waals surface area (Å²) in [5.41, 5.74) is 0.820. The van der Waals surface area contributed by atoms with Gasteiger partial charge in [-0.25, -0.2) is 12.8 Å². The van der Waals surface area contributed by atoms with Crippen LogP contribution >= 0.6 is 0 Å². The zero-order valence-corrected chi connectivity index (χ0v) is 10.1. The molecule has 0 fully saturated rings. The van der Waals surface area contributed by atoms with Crippen LogP contribution in [0.1, 0.15) is 19.4 Å². The lowest BCUT2D eigenvalue weighted by Gasteiger charge is -2.32. The summed E-state index contributed by atoms with van der Waals surface area (Å²) in [6, 6.07) is 4.70. The highest BCUT2D eigenvalue weighted by Gasteiger charge is 2.41. The zero-order chi connectivity index (χ0) is 12.0. The number of rotatable bonds is 1. The van der Waals surface area contributed by atoms with Crippen LogP contribution in [0.2, 0.25) is 0 Å². The minimum absolute atomic E-state index is 0.207. The van der Waals surface area contributed by atoms with Crippen LogP contribution in [-0.4, -0.2) is 19.7 Å². The smallest absolute Gasteiger partial charge is 0.187 e.